The van der Waals surface area contributed by atoms with Crippen molar-refractivity contribution in [3.05, 3.63) is 65.5 Å². The monoisotopic (exact) mass is 354 g/mol. The van der Waals surface area contributed by atoms with Crippen LogP contribution in [0.4, 0.5) is 0 Å². The Morgan fingerprint density at radius 2 is 1.69 bits per heavy atom. The molecule has 0 bridgehead atoms. The van der Waals surface area contributed by atoms with Gasteiger partial charge in [-0.25, -0.2) is 0 Å². The van der Waals surface area contributed by atoms with Crippen molar-refractivity contribution in [3.8, 4) is 0 Å². The molecule has 1 heterocycles. The van der Waals surface area contributed by atoms with Gasteiger partial charge in [-0.2, -0.15) is 0 Å². The molecule has 7 nitrogen and oxygen atoms in total. The first-order valence-corrected chi connectivity index (χ1v) is 8.27. The van der Waals surface area contributed by atoms with E-state index in [0.29, 0.717) is 11.1 Å². The van der Waals surface area contributed by atoms with Crippen LogP contribution in [-0.4, -0.2) is 28.7 Å². The number of nitrogens with zero attached hydrogens (tertiary/aromatic N) is 1. The Hall–Kier alpha value is -3.22. The second-order valence-corrected chi connectivity index (χ2v) is 6.20. The fourth-order valence-corrected chi connectivity index (χ4v) is 2.35. The molecule has 0 fully saturated rings. The van der Waals surface area contributed by atoms with Crippen molar-refractivity contribution >= 4 is 17.7 Å². The Labute approximate surface area is 152 Å². The van der Waals surface area contributed by atoms with Crippen molar-refractivity contribution in [1.29, 1.82) is 0 Å². The van der Waals surface area contributed by atoms with Crippen LogP contribution in [0.1, 0.15) is 40.1 Å². The lowest BCUT2D eigenvalue weighted by molar-refractivity contribution is -0.124. The number of pyridine rings is 1. The summed E-state index contributed by atoms with van der Waals surface area (Å²) >= 11 is 0. The molecule has 0 radical (unpaired) electrons. The number of benzene rings is 1. The average Bonchev–Trinajstić information content (AvgIpc) is 2.64. The summed E-state index contributed by atoms with van der Waals surface area (Å²) in [6.07, 6.45) is 2.94. The summed E-state index contributed by atoms with van der Waals surface area (Å²) in [5.41, 5.74) is 6.32. The molecule has 0 aliphatic rings. The highest BCUT2D eigenvalue weighted by Crippen LogP contribution is 2.09. The molecule has 1 aromatic carbocycles. The molecular weight excluding hydrogens is 332 g/mol. The first-order valence-electron chi connectivity index (χ1n) is 8.27. The minimum Gasteiger partial charge on any atom is -0.340 e. The number of hydrazine groups is 1. The Morgan fingerprint density at radius 1 is 0.962 bits per heavy atom. The third-order valence-electron chi connectivity index (χ3n) is 3.85. The van der Waals surface area contributed by atoms with Gasteiger partial charge in [-0.3, -0.25) is 30.2 Å². The molecule has 7 heteroatoms. The maximum absolute atomic E-state index is 12.5. The molecular formula is C19H22N4O3. The van der Waals surface area contributed by atoms with Gasteiger partial charge in [0.2, 0.25) is 0 Å². The number of rotatable bonds is 5. The number of hydrogen-bond donors (Lipinski definition) is 3. The zero-order valence-electron chi connectivity index (χ0n) is 14.9. The molecule has 2 rings (SSSR count). The summed E-state index contributed by atoms with van der Waals surface area (Å²) in [4.78, 5) is 40.7. The van der Waals surface area contributed by atoms with Gasteiger partial charge in [0, 0.05) is 18.0 Å². The average molecular weight is 354 g/mol. The Kier molecular flexibility index (Phi) is 6.43. The Balaban J connectivity index is 2.00. The molecule has 0 saturated heterocycles. The predicted molar refractivity (Wildman–Crippen MR) is 97.1 cm³/mol. The van der Waals surface area contributed by atoms with Crippen LogP contribution < -0.4 is 16.2 Å². The first-order chi connectivity index (χ1) is 12.4. The summed E-state index contributed by atoms with van der Waals surface area (Å²) < 4.78 is 0. The molecule has 1 unspecified atom stereocenters. The third kappa shape index (κ3) is 4.89. The molecule has 2 aromatic rings. The highest BCUT2D eigenvalue weighted by molar-refractivity contribution is 5.99. The number of aromatic nitrogens is 1. The highest BCUT2D eigenvalue weighted by atomic mass is 16.2. The van der Waals surface area contributed by atoms with Crippen LogP contribution in [-0.2, 0) is 4.79 Å². The number of nitrogens with one attached hydrogen (secondary N) is 3. The van der Waals surface area contributed by atoms with Gasteiger partial charge in [0.25, 0.3) is 17.7 Å². The molecule has 136 valence electrons. The van der Waals surface area contributed by atoms with Gasteiger partial charge in [0.1, 0.15) is 6.04 Å². The fraction of sp³-hybridized carbons (Fsp3) is 0.263. The van der Waals surface area contributed by atoms with Crippen molar-refractivity contribution in [2.75, 3.05) is 0 Å². The normalized spacial score (nSPS) is 11.5. The summed E-state index contributed by atoms with van der Waals surface area (Å²) in [7, 11) is 0. The zero-order valence-corrected chi connectivity index (χ0v) is 14.9. The summed E-state index contributed by atoms with van der Waals surface area (Å²) in [6.45, 7) is 5.45. The SMILES string of the molecule is Cc1ccccc1C(=O)NC(C(=O)NNC(=O)c1cccnc1)C(C)C. The van der Waals surface area contributed by atoms with E-state index in [9.17, 15) is 14.4 Å². The van der Waals surface area contributed by atoms with Gasteiger partial charge in [-0.05, 0) is 36.6 Å². The van der Waals surface area contributed by atoms with E-state index in [-0.39, 0.29) is 11.8 Å². The van der Waals surface area contributed by atoms with Crippen molar-refractivity contribution in [3.63, 3.8) is 0 Å². The summed E-state index contributed by atoms with van der Waals surface area (Å²) in [6, 6.07) is 9.53. The van der Waals surface area contributed by atoms with Crippen LogP contribution in [0.5, 0.6) is 0 Å². The van der Waals surface area contributed by atoms with Crippen LogP contribution in [0.25, 0.3) is 0 Å². The fourth-order valence-electron chi connectivity index (χ4n) is 2.35. The van der Waals surface area contributed by atoms with E-state index >= 15 is 0 Å². The minimum atomic E-state index is -0.795. The molecule has 3 amide bonds. The van der Waals surface area contributed by atoms with E-state index in [1.807, 2.05) is 32.9 Å². The van der Waals surface area contributed by atoms with Crippen LogP contribution >= 0.6 is 0 Å². The van der Waals surface area contributed by atoms with Crippen LogP contribution in [0.15, 0.2) is 48.8 Å². The molecule has 0 aliphatic heterocycles. The van der Waals surface area contributed by atoms with Gasteiger partial charge in [-0.1, -0.05) is 32.0 Å². The first kappa shape index (κ1) is 19.1. The van der Waals surface area contributed by atoms with Crippen molar-refractivity contribution < 1.29 is 14.4 Å². The van der Waals surface area contributed by atoms with Gasteiger partial charge in [0.15, 0.2) is 0 Å². The van der Waals surface area contributed by atoms with Crippen molar-refractivity contribution in [1.82, 2.24) is 21.2 Å². The van der Waals surface area contributed by atoms with Gasteiger partial charge >= 0.3 is 0 Å². The molecule has 0 saturated carbocycles. The van der Waals surface area contributed by atoms with Gasteiger partial charge in [0.05, 0.1) is 5.56 Å². The number of hydrogen-bond acceptors (Lipinski definition) is 4. The predicted octanol–water partition coefficient (Wildman–Crippen LogP) is 1.61. The standard InChI is InChI=1S/C19H22N4O3/c1-12(2)16(21-18(25)15-9-5-4-7-13(15)3)19(26)23-22-17(24)14-8-6-10-20-11-14/h4-12,16H,1-3H3,(H,21,25)(H,22,24)(H,23,26). The highest BCUT2D eigenvalue weighted by Gasteiger charge is 2.25. The lowest BCUT2D eigenvalue weighted by atomic mass is 10.0. The lowest BCUT2D eigenvalue weighted by Crippen LogP contribution is -2.54. The quantitative estimate of drug-likeness (QED) is 0.710. The van der Waals surface area contributed by atoms with Crippen LogP contribution in [0.3, 0.4) is 0 Å². The van der Waals surface area contributed by atoms with Crippen LogP contribution in [0.2, 0.25) is 0 Å². The Morgan fingerprint density at radius 3 is 2.31 bits per heavy atom. The number of amides is 3. The number of aryl methyl sites for hydroxylation is 1. The van der Waals surface area contributed by atoms with E-state index < -0.39 is 17.9 Å². The zero-order chi connectivity index (χ0) is 19.1. The summed E-state index contributed by atoms with van der Waals surface area (Å²) in [5.74, 6) is -1.49. The minimum absolute atomic E-state index is 0.168. The molecule has 3 N–H and O–H groups in total. The van der Waals surface area contributed by atoms with E-state index in [2.05, 4.69) is 21.2 Å². The molecule has 1 aromatic heterocycles. The van der Waals surface area contributed by atoms with Crippen molar-refractivity contribution in [2.24, 2.45) is 5.92 Å². The maximum atomic E-state index is 12.5. The van der Waals surface area contributed by atoms with Crippen molar-refractivity contribution in [2.45, 2.75) is 26.8 Å². The number of carbonyl (C=O) groups excluding carboxylic acids is 3. The smallest absolute Gasteiger partial charge is 0.271 e. The second kappa shape index (κ2) is 8.75. The van der Waals surface area contributed by atoms with Gasteiger partial charge in [-0.15, -0.1) is 0 Å². The molecule has 0 spiro atoms. The topological polar surface area (TPSA) is 100 Å². The van der Waals surface area contributed by atoms with Gasteiger partial charge < -0.3 is 5.32 Å². The third-order valence-corrected chi connectivity index (χ3v) is 3.85. The van der Waals surface area contributed by atoms with E-state index in [1.54, 1.807) is 30.5 Å². The molecule has 26 heavy (non-hydrogen) atoms. The number of carbonyl (C=O) groups is 3. The van der Waals surface area contributed by atoms with E-state index in [0.717, 1.165) is 5.56 Å². The summed E-state index contributed by atoms with van der Waals surface area (Å²) in [5, 5.41) is 2.72. The lowest BCUT2D eigenvalue weighted by Gasteiger charge is -2.22. The van der Waals surface area contributed by atoms with Crippen LogP contribution in [0, 0.1) is 12.8 Å². The molecule has 1 atom stereocenters. The molecule has 0 aliphatic carbocycles. The van der Waals surface area contributed by atoms with E-state index in [1.165, 1.54) is 6.20 Å². The second-order valence-electron chi connectivity index (χ2n) is 6.20. The maximum Gasteiger partial charge on any atom is 0.271 e. The van der Waals surface area contributed by atoms with E-state index in [4.69, 9.17) is 0 Å². The largest absolute Gasteiger partial charge is 0.340 e. The Bertz CT molecular complexity index is 790.